The van der Waals surface area contributed by atoms with Crippen LogP contribution in [0.2, 0.25) is 0 Å². The number of nitrogens with zero attached hydrogens (tertiary/aromatic N) is 3. The van der Waals surface area contributed by atoms with E-state index < -0.39 is 0 Å². The molecule has 0 atom stereocenters. The maximum atomic E-state index is 5.67. The second kappa shape index (κ2) is 4.53. The minimum absolute atomic E-state index is 0.576. The van der Waals surface area contributed by atoms with Gasteiger partial charge in [0.25, 0.3) is 0 Å². The topological polar surface area (TPSA) is 56.7 Å². The van der Waals surface area contributed by atoms with Gasteiger partial charge in [0, 0.05) is 12.3 Å². The molecule has 0 spiro atoms. The van der Waals surface area contributed by atoms with Gasteiger partial charge in [-0.05, 0) is 37.9 Å². The number of hydrogen-bond donors (Lipinski definition) is 1. The van der Waals surface area contributed by atoms with Gasteiger partial charge in [0.2, 0.25) is 0 Å². The molecule has 1 aliphatic rings. The predicted molar refractivity (Wildman–Crippen MR) is 70.8 cm³/mol. The van der Waals surface area contributed by atoms with Crippen molar-refractivity contribution in [1.82, 2.24) is 14.8 Å². The van der Waals surface area contributed by atoms with Crippen molar-refractivity contribution in [3.63, 3.8) is 0 Å². The van der Waals surface area contributed by atoms with Crippen molar-refractivity contribution in [2.45, 2.75) is 32.1 Å². The van der Waals surface area contributed by atoms with Gasteiger partial charge in [-0.25, -0.2) is 9.67 Å². The van der Waals surface area contributed by atoms with E-state index in [1.807, 2.05) is 16.8 Å². The van der Waals surface area contributed by atoms with Crippen molar-refractivity contribution in [1.29, 1.82) is 0 Å². The highest BCUT2D eigenvalue weighted by Gasteiger charge is 2.29. The number of hydrogen-bond acceptors (Lipinski definition) is 3. The summed E-state index contributed by atoms with van der Waals surface area (Å²) in [7, 11) is 0. The van der Waals surface area contributed by atoms with Gasteiger partial charge >= 0.3 is 0 Å². The molecule has 94 valence electrons. The summed E-state index contributed by atoms with van der Waals surface area (Å²) in [6, 6.07) is 8.26. The Labute approximate surface area is 107 Å². The van der Waals surface area contributed by atoms with Crippen LogP contribution < -0.4 is 5.73 Å². The average molecular weight is 242 g/mol. The fraction of sp³-hybridized carbons (Fsp3) is 0.429. The molecule has 0 bridgehead atoms. The average Bonchev–Trinajstić information content (AvgIpc) is 3.13. The van der Waals surface area contributed by atoms with Crippen LogP contribution in [0.1, 0.15) is 36.0 Å². The maximum Gasteiger partial charge on any atom is 0.154 e. The molecule has 3 rings (SSSR count). The van der Waals surface area contributed by atoms with E-state index in [1.54, 1.807) is 0 Å². The number of aryl methyl sites for hydroxylation is 1. The number of aromatic nitrogens is 3. The molecule has 1 saturated carbocycles. The molecule has 18 heavy (non-hydrogen) atoms. The third-order valence-electron chi connectivity index (χ3n) is 3.34. The summed E-state index contributed by atoms with van der Waals surface area (Å²) in [6.45, 7) is 2.70. The van der Waals surface area contributed by atoms with Gasteiger partial charge in [-0.2, -0.15) is 5.10 Å². The second-order valence-corrected chi connectivity index (χ2v) is 4.90. The standard InChI is InChI=1S/C14H18N4/c1-10-4-2-3-5-12(10)18-13(8-9-15)16-14(17-18)11-6-7-11/h2-5,11H,6-9,15H2,1H3. The number of para-hydroxylation sites is 1. The van der Waals surface area contributed by atoms with Crippen LogP contribution in [0.3, 0.4) is 0 Å². The maximum absolute atomic E-state index is 5.67. The molecule has 4 nitrogen and oxygen atoms in total. The van der Waals surface area contributed by atoms with Crippen LogP contribution in [0, 0.1) is 6.92 Å². The molecular weight excluding hydrogens is 224 g/mol. The monoisotopic (exact) mass is 242 g/mol. The Kier molecular flexibility index (Phi) is 2.88. The Bertz CT molecular complexity index is 555. The zero-order valence-electron chi connectivity index (χ0n) is 10.6. The highest BCUT2D eigenvalue weighted by molar-refractivity contribution is 5.40. The quantitative estimate of drug-likeness (QED) is 0.891. The summed E-state index contributed by atoms with van der Waals surface area (Å²) < 4.78 is 1.97. The molecule has 2 N–H and O–H groups in total. The van der Waals surface area contributed by atoms with E-state index in [9.17, 15) is 0 Å². The molecule has 1 aromatic carbocycles. The van der Waals surface area contributed by atoms with E-state index in [-0.39, 0.29) is 0 Å². The van der Waals surface area contributed by atoms with E-state index in [0.717, 1.165) is 23.8 Å². The fourth-order valence-electron chi connectivity index (χ4n) is 2.16. The van der Waals surface area contributed by atoms with E-state index in [0.29, 0.717) is 12.5 Å². The zero-order valence-corrected chi connectivity index (χ0v) is 10.6. The third-order valence-corrected chi connectivity index (χ3v) is 3.34. The summed E-state index contributed by atoms with van der Waals surface area (Å²) in [6.07, 6.45) is 3.22. The smallest absolute Gasteiger partial charge is 0.154 e. The predicted octanol–water partition coefficient (Wildman–Crippen LogP) is 1.95. The van der Waals surface area contributed by atoms with Gasteiger partial charge in [0.15, 0.2) is 5.82 Å². The largest absolute Gasteiger partial charge is 0.330 e. The van der Waals surface area contributed by atoms with Gasteiger partial charge in [0.1, 0.15) is 5.82 Å². The van der Waals surface area contributed by atoms with Gasteiger partial charge in [0.05, 0.1) is 5.69 Å². The third kappa shape index (κ3) is 2.04. The van der Waals surface area contributed by atoms with E-state index in [1.165, 1.54) is 18.4 Å². The van der Waals surface area contributed by atoms with E-state index in [4.69, 9.17) is 5.73 Å². The van der Waals surface area contributed by atoms with Crippen molar-refractivity contribution in [3.8, 4) is 5.69 Å². The summed E-state index contributed by atoms with van der Waals surface area (Å²) >= 11 is 0. The van der Waals surface area contributed by atoms with Crippen LogP contribution in [-0.2, 0) is 6.42 Å². The Hall–Kier alpha value is -1.68. The molecule has 0 amide bonds. The number of rotatable bonds is 4. The number of nitrogens with two attached hydrogens (primary N) is 1. The Balaban J connectivity index is 2.06. The first-order valence-electron chi connectivity index (χ1n) is 6.51. The molecule has 1 aromatic heterocycles. The van der Waals surface area contributed by atoms with Crippen LogP contribution in [0.15, 0.2) is 24.3 Å². The molecule has 1 fully saturated rings. The van der Waals surface area contributed by atoms with Crippen molar-refractivity contribution < 1.29 is 0 Å². The normalized spacial score (nSPS) is 15.0. The zero-order chi connectivity index (χ0) is 12.5. The van der Waals surface area contributed by atoms with Gasteiger partial charge in [-0.1, -0.05) is 18.2 Å². The first-order chi connectivity index (χ1) is 8.79. The summed E-state index contributed by atoms with van der Waals surface area (Å²) in [4.78, 5) is 4.65. The molecular formula is C14H18N4. The van der Waals surface area contributed by atoms with Gasteiger partial charge in [-0.3, -0.25) is 0 Å². The molecule has 1 heterocycles. The molecule has 2 aromatic rings. The van der Waals surface area contributed by atoms with Crippen LogP contribution in [0.25, 0.3) is 5.69 Å². The Morgan fingerprint density at radius 2 is 2.11 bits per heavy atom. The lowest BCUT2D eigenvalue weighted by Crippen LogP contribution is -2.10. The van der Waals surface area contributed by atoms with E-state index >= 15 is 0 Å². The molecule has 0 unspecified atom stereocenters. The van der Waals surface area contributed by atoms with Crippen molar-refractivity contribution in [2.75, 3.05) is 6.54 Å². The van der Waals surface area contributed by atoms with Crippen molar-refractivity contribution in [2.24, 2.45) is 5.73 Å². The first kappa shape index (κ1) is 11.4. The second-order valence-electron chi connectivity index (χ2n) is 4.90. The number of benzene rings is 1. The van der Waals surface area contributed by atoms with E-state index in [2.05, 4.69) is 29.1 Å². The van der Waals surface area contributed by atoms with Crippen LogP contribution >= 0.6 is 0 Å². The fourth-order valence-corrected chi connectivity index (χ4v) is 2.16. The lowest BCUT2D eigenvalue weighted by atomic mass is 10.2. The SMILES string of the molecule is Cc1ccccc1-n1nc(C2CC2)nc1CCN. The molecule has 1 aliphatic carbocycles. The van der Waals surface area contributed by atoms with Gasteiger partial charge in [-0.15, -0.1) is 0 Å². The summed E-state index contributed by atoms with van der Waals surface area (Å²) in [5.74, 6) is 2.54. The van der Waals surface area contributed by atoms with Crippen molar-refractivity contribution >= 4 is 0 Å². The first-order valence-corrected chi connectivity index (χ1v) is 6.51. The minimum Gasteiger partial charge on any atom is -0.330 e. The molecule has 0 saturated heterocycles. The molecule has 0 radical (unpaired) electrons. The summed E-state index contributed by atoms with van der Waals surface area (Å²) in [5, 5.41) is 4.67. The molecule has 4 heteroatoms. The van der Waals surface area contributed by atoms with Gasteiger partial charge < -0.3 is 5.73 Å². The van der Waals surface area contributed by atoms with Crippen LogP contribution in [-0.4, -0.2) is 21.3 Å². The lowest BCUT2D eigenvalue weighted by molar-refractivity contribution is 0.766. The van der Waals surface area contributed by atoms with Crippen LogP contribution in [0.5, 0.6) is 0 Å². The van der Waals surface area contributed by atoms with Crippen LogP contribution in [0.4, 0.5) is 0 Å². The lowest BCUT2D eigenvalue weighted by Gasteiger charge is -2.07. The minimum atomic E-state index is 0.576. The Morgan fingerprint density at radius 3 is 2.78 bits per heavy atom. The summed E-state index contributed by atoms with van der Waals surface area (Å²) in [5.41, 5.74) is 7.99. The Morgan fingerprint density at radius 1 is 1.33 bits per heavy atom. The van der Waals surface area contributed by atoms with Crippen molar-refractivity contribution in [3.05, 3.63) is 41.5 Å². The molecule has 0 aliphatic heterocycles. The highest BCUT2D eigenvalue weighted by atomic mass is 15.4. The highest BCUT2D eigenvalue weighted by Crippen LogP contribution is 2.38.